The Balaban J connectivity index is 2.11. The van der Waals surface area contributed by atoms with Gasteiger partial charge in [-0.05, 0) is 64.8 Å². The fourth-order valence-corrected chi connectivity index (χ4v) is 4.67. The van der Waals surface area contributed by atoms with Crippen molar-refractivity contribution < 1.29 is 9.59 Å². The molecule has 4 nitrogen and oxygen atoms in total. The SMILES string of the molecule is Cc1cc(C)cc(CSCC(=O)N(Cc2cccc(Br)c2)[C@@H](C)C(=O)NC(C)(C)C)c1. The Morgan fingerprint density at radius 1 is 1.06 bits per heavy atom. The highest BCUT2D eigenvalue weighted by Crippen LogP contribution is 2.19. The summed E-state index contributed by atoms with van der Waals surface area (Å²) < 4.78 is 0.952. The number of hydrogen-bond donors (Lipinski definition) is 1. The number of nitrogens with zero attached hydrogens (tertiary/aromatic N) is 1. The van der Waals surface area contributed by atoms with Crippen LogP contribution in [0.15, 0.2) is 46.9 Å². The van der Waals surface area contributed by atoms with Gasteiger partial charge < -0.3 is 10.2 Å². The van der Waals surface area contributed by atoms with Crippen molar-refractivity contribution in [1.82, 2.24) is 10.2 Å². The zero-order valence-corrected chi connectivity index (χ0v) is 21.7. The van der Waals surface area contributed by atoms with Gasteiger partial charge in [-0.25, -0.2) is 0 Å². The lowest BCUT2D eigenvalue weighted by molar-refractivity contribution is -0.139. The average Bonchev–Trinajstić information content (AvgIpc) is 2.63. The van der Waals surface area contributed by atoms with Crippen LogP contribution < -0.4 is 5.32 Å². The van der Waals surface area contributed by atoms with Crippen LogP contribution in [0.5, 0.6) is 0 Å². The monoisotopic (exact) mass is 504 g/mol. The van der Waals surface area contributed by atoms with E-state index in [1.54, 1.807) is 23.6 Å². The molecule has 0 heterocycles. The van der Waals surface area contributed by atoms with E-state index in [1.165, 1.54) is 16.7 Å². The highest BCUT2D eigenvalue weighted by atomic mass is 79.9. The Bertz CT molecular complexity index is 904. The predicted molar refractivity (Wildman–Crippen MR) is 134 cm³/mol. The summed E-state index contributed by atoms with van der Waals surface area (Å²) in [6.07, 6.45) is 0. The van der Waals surface area contributed by atoms with E-state index in [2.05, 4.69) is 53.3 Å². The van der Waals surface area contributed by atoms with Crippen molar-refractivity contribution in [1.29, 1.82) is 0 Å². The van der Waals surface area contributed by atoms with Crippen LogP contribution in [-0.2, 0) is 21.9 Å². The molecule has 6 heteroatoms. The number of rotatable bonds is 8. The van der Waals surface area contributed by atoms with Crippen LogP contribution >= 0.6 is 27.7 Å². The van der Waals surface area contributed by atoms with Gasteiger partial charge in [-0.3, -0.25) is 9.59 Å². The summed E-state index contributed by atoms with van der Waals surface area (Å²) in [6.45, 7) is 12.2. The Labute approximate surface area is 199 Å². The molecule has 0 bridgehead atoms. The first-order chi connectivity index (χ1) is 14.4. The van der Waals surface area contributed by atoms with Crippen LogP contribution in [0.1, 0.15) is 49.9 Å². The number of carbonyl (C=O) groups excluding carboxylic acids is 2. The molecule has 0 fully saturated rings. The Hall–Kier alpha value is -1.79. The molecule has 2 aromatic rings. The highest BCUT2D eigenvalue weighted by molar-refractivity contribution is 9.10. The van der Waals surface area contributed by atoms with Crippen molar-refractivity contribution >= 4 is 39.5 Å². The summed E-state index contributed by atoms with van der Waals surface area (Å²) in [6, 6.07) is 13.7. The topological polar surface area (TPSA) is 49.4 Å². The van der Waals surface area contributed by atoms with Crippen LogP contribution in [-0.4, -0.2) is 34.0 Å². The molecule has 0 saturated heterocycles. The van der Waals surface area contributed by atoms with Crippen molar-refractivity contribution in [3.8, 4) is 0 Å². The van der Waals surface area contributed by atoms with Crippen molar-refractivity contribution in [3.05, 3.63) is 69.2 Å². The second-order valence-electron chi connectivity index (χ2n) is 9.06. The van der Waals surface area contributed by atoms with Crippen LogP contribution in [0.4, 0.5) is 0 Å². The lowest BCUT2D eigenvalue weighted by Crippen LogP contribution is -2.52. The lowest BCUT2D eigenvalue weighted by atomic mass is 10.1. The number of carbonyl (C=O) groups is 2. The van der Waals surface area contributed by atoms with E-state index in [1.807, 2.05) is 45.0 Å². The molecule has 0 aliphatic carbocycles. The predicted octanol–water partition coefficient (Wildman–Crippen LogP) is 5.63. The van der Waals surface area contributed by atoms with E-state index in [4.69, 9.17) is 0 Å². The molecule has 31 heavy (non-hydrogen) atoms. The smallest absolute Gasteiger partial charge is 0.242 e. The van der Waals surface area contributed by atoms with Crippen molar-refractivity contribution in [3.63, 3.8) is 0 Å². The number of amides is 2. The molecule has 2 rings (SSSR count). The summed E-state index contributed by atoms with van der Waals surface area (Å²) in [4.78, 5) is 27.7. The van der Waals surface area contributed by atoms with E-state index >= 15 is 0 Å². The number of halogens is 1. The molecule has 0 aliphatic rings. The standard InChI is InChI=1S/C25H33BrN2O2S/c1-17-10-18(2)12-21(11-17)15-31-16-23(29)28(14-20-8-7-9-22(26)13-20)19(3)24(30)27-25(4,5)6/h7-13,19H,14-16H2,1-6H3,(H,27,30)/t19-/m0/s1. The fourth-order valence-electron chi connectivity index (χ4n) is 3.38. The van der Waals surface area contributed by atoms with E-state index in [0.29, 0.717) is 12.3 Å². The molecule has 2 amide bonds. The van der Waals surface area contributed by atoms with Crippen molar-refractivity contribution in [2.45, 2.75) is 65.4 Å². The highest BCUT2D eigenvalue weighted by Gasteiger charge is 2.28. The maximum absolute atomic E-state index is 13.2. The van der Waals surface area contributed by atoms with Crippen molar-refractivity contribution in [2.24, 2.45) is 0 Å². The van der Waals surface area contributed by atoms with Gasteiger partial charge in [-0.2, -0.15) is 0 Å². The van der Waals surface area contributed by atoms with E-state index < -0.39 is 6.04 Å². The second-order valence-corrected chi connectivity index (χ2v) is 11.0. The number of thioether (sulfide) groups is 1. The summed E-state index contributed by atoms with van der Waals surface area (Å²) in [5, 5.41) is 3.00. The molecule has 0 radical (unpaired) electrons. The van der Waals surface area contributed by atoms with Gasteiger partial charge in [0.2, 0.25) is 11.8 Å². The minimum atomic E-state index is -0.562. The van der Waals surface area contributed by atoms with Gasteiger partial charge in [0.15, 0.2) is 0 Å². The molecule has 168 valence electrons. The normalized spacial score (nSPS) is 12.4. The summed E-state index contributed by atoms with van der Waals surface area (Å²) in [5.74, 6) is 0.913. The molecule has 0 aromatic heterocycles. The lowest BCUT2D eigenvalue weighted by Gasteiger charge is -2.31. The molecule has 0 saturated carbocycles. The third-order valence-corrected chi connectivity index (χ3v) is 6.16. The second kappa shape index (κ2) is 11.2. The molecule has 0 unspecified atom stereocenters. The third kappa shape index (κ3) is 8.69. The maximum atomic E-state index is 13.2. The van der Waals surface area contributed by atoms with Crippen molar-refractivity contribution in [2.75, 3.05) is 5.75 Å². The summed E-state index contributed by atoms with van der Waals surface area (Å²) in [5.41, 5.74) is 4.30. The van der Waals surface area contributed by atoms with Gasteiger partial charge in [0.1, 0.15) is 6.04 Å². The zero-order valence-electron chi connectivity index (χ0n) is 19.3. The summed E-state index contributed by atoms with van der Waals surface area (Å²) in [7, 11) is 0. The average molecular weight is 506 g/mol. The third-order valence-electron chi connectivity index (χ3n) is 4.68. The van der Waals surface area contributed by atoms with Gasteiger partial charge in [0.25, 0.3) is 0 Å². The molecular weight excluding hydrogens is 472 g/mol. The molecule has 0 aliphatic heterocycles. The number of aryl methyl sites for hydroxylation is 2. The molecule has 1 N–H and O–H groups in total. The molecule has 1 atom stereocenters. The number of benzene rings is 2. The zero-order chi connectivity index (χ0) is 23.2. The summed E-state index contributed by atoms with van der Waals surface area (Å²) >= 11 is 5.07. The Morgan fingerprint density at radius 2 is 1.71 bits per heavy atom. The number of hydrogen-bond acceptors (Lipinski definition) is 3. The van der Waals surface area contributed by atoms with E-state index in [0.717, 1.165) is 15.8 Å². The van der Waals surface area contributed by atoms with Crippen LogP contribution in [0, 0.1) is 13.8 Å². The van der Waals surface area contributed by atoms with Gasteiger partial charge in [-0.15, -0.1) is 11.8 Å². The first-order valence-corrected chi connectivity index (χ1v) is 12.4. The number of nitrogens with one attached hydrogen (secondary N) is 1. The van der Waals surface area contributed by atoms with E-state index in [9.17, 15) is 9.59 Å². The molecule has 2 aromatic carbocycles. The molecule has 0 spiro atoms. The van der Waals surface area contributed by atoms with E-state index in [-0.39, 0.29) is 17.4 Å². The minimum Gasteiger partial charge on any atom is -0.350 e. The van der Waals surface area contributed by atoms with Crippen LogP contribution in [0.3, 0.4) is 0 Å². The van der Waals surface area contributed by atoms with Crippen LogP contribution in [0.2, 0.25) is 0 Å². The Kier molecular flexibility index (Phi) is 9.19. The first kappa shape index (κ1) is 25.5. The first-order valence-electron chi connectivity index (χ1n) is 10.5. The van der Waals surface area contributed by atoms with Gasteiger partial charge in [-0.1, -0.05) is 57.4 Å². The molecular formula is C25H33BrN2O2S. The maximum Gasteiger partial charge on any atom is 0.242 e. The Morgan fingerprint density at radius 3 is 2.29 bits per heavy atom. The fraction of sp³-hybridized carbons (Fsp3) is 0.440. The largest absolute Gasteiger partial charge is 0.350 e. The quantitative estimate of drug-likeness (QED) is 0.506. The van der Waals surface area contributed by atoms with Gasteiger partial charge in [0.05, 0.1) is 5.75 Å². The van der Waals surface area contributed by atoms with Gasteiger partial charge in [0, 0.05) is 22.3 Å². The van der Waals surface area contributed by atoms with Crippen LogP contribution in [0.25, 0.3) is 0 Å². The van der Waals surface area contributed by atoms with Gasteiger partial charge >= 0.3 is 0 Å². The minimum absolute atomic E-state index is 0.0362.